The van der Waals surface area contributed by atoms with E-state index in [2.05, 4.69) is 15.6 Å². The minimum absolute atomic E-state index is 0.146. The smallest absolute Gasteiger partial charge is 0.243 e. The lowest BCUT2D eigenvalue weighted by molar-refractivity contribution is -0.119. The van der Waals surface area contributed by atoms with Crippen molar-refractivity contribution in [1.82, 2.24) is 10.6 Å². The molecule has 5 nitrogen and oxygen atoms in total. The molecule has 0 aromatic carbocycles. The lowest BCUT2D eigenvalue weighted by Crippen LogP contribution is -2.33. The molecule has 0 radical (unpaired) electrons. The summed E-state index contributed by atoms with van der Waals surface area (Å²) in [6, 6.07) is 0. The number of carbonyl (C=O) groups is 1. The summed E-state index contributed by atoms with van der Waals surface area (Å²) < 4.78 is 0. The fourth-order valence-electron chi connectivity index (χ4n) is 0.533. The van der Waals surface area contributed by atoms with Crippen molar-refractivity contribution in [2.45, 2.75) is 13.8 Å². The molecule has 0 aromatic rings. The first-order chi connectivity index (χ1) is 6.06. The van der Waals surface area contributed by atoms with Gasteiger partial charge in [0, 0.05) is 18.9 Å². The number of hydrogen-bond donors (Lipinski definition) is 3. The molecule has 0 aliphatic carbocycles. The van der Waals surface area contributed by atoms with Crippen LogP contribution in [0, 0.1) is 0 Å². The molecule has 5 heteroatoms. The lowest BCUT2D eigenvalue weighted by atomic mass is 10.5. The number of nitrogens with two attached hydrogens (primary N) is 1. The van der Waals surface area contributed by atoms with E-state index in [4.69, 9.17) is 5.73 Å². The molecule has 13 heavy (non-hydrogen) atoms. The standard InChI is InChI=1S/C8H16N4O/c1-6(9)4-12-8(13)5-11-7(2)10-3/h4H,5,9H2,1-3H3,(H,10,11)(H,12,13)/b6-4-. The minimum atomic E-state index is -0.146. The van der Waals surface area contributed by atoms with Crippen LogP contribution in [0.15, 0.2) is 16.9 Å². The van der Waals surface area contributed by atoms with E-state index in [9.17, 15) is 4.79 Å². The van der Waals surface area contributed by atoms with Gasteiger partial charge in [0.1, 0.15) is 0 Å². The van der Waals surface area contributed by atoms with Gasteiger partial charge in [0.25, 0.3) is 0 Å². The molecule has 0 aromatic heterocycles. The minimum Gasteiger partial charge on any atom is -0.401 e. The zero-order chi connectivity index (χ0) is 10.3. The molecule has 0 rings (SSSR count). The van der Waals surface area contributed by atoms with Crippen molar-refractivity contribution in [3.8, 4) is 0 Å². The van der Waals surface area contributed by atoms with Crippen LogP contribution >= 0.6 is 0 Å². The molecule has 0 spiro atoms. The van der Waals surface area contributed by atoms with Gasteiger partial charge in [-0.1, -0.05) is 0 Å². The zero-order valence-electron chi connectivity index (χ0n) is 8.22. The molecule has 0 fully saturated rings. The number of allylic oxidation sites excluding steroid dienone is 1. The molecule has 1 amide bonds. The summed E-state index contributed by atoms with van der Waals surface area (Å²) in [7, 11) is 1.66. The predicted molar refractivity (Wildman–Crippen MR) is 53.1 cm³/mol. The van der Waals surface area contributed by atoms with Crippen LogP contribution in [0.4, 0.5) is 0 Å². The maximum Gasteiger partial charge on any atom is 0.243 e. The molecule has 0 unspecified atom stereocenters. The first-order valence-electron chi connectivity index (χ1n) is 3.95. The van der Waals surface area contributed by atoms with Crippen LogP contribution in [-0.2, 0) is 4.79 Å². The van der Waals surface area contributed by atoms with Gasteiger partial charge >= 0.3 is 0 Å². The topological polar surface area (TPSA) is 79.5 Å². The molecule has 0 atom stereocenters. The number of aliphatic imine (C=N–C) groups is 1. The van der Waals surface area contributed by atoms with Gasteiger partial charge in [0.15, 0.2) is 0 Å². The Morgan fingerprint density at radius 1 is 1.54 bits per heavy atom. The average molecular weight is 184 g/mol. The van der Waals surface area contributed by atoms with E-state index in [0.717, 1.165) is 5.84 Å². The molecule has 0 heterocycles. The maximum atomic E-state index is 11.0. The summed E-state index contributed by atoms with van der Waals surface area (Å²) in [5.74, 6) is 0.580. The van der Waals surface area contributed by atoms with Gasteiger partial charge in [0.2, 0.25) is 5.91 Å². The van der Waals surface area contributed by atoms with E-state index in [1.54, 1.807) is 20.9 Å². The predicted octanol–water partition coefficient (Wildman–Crippen LogP) is -0.440. The van der Waals surface area contributed by atoms with E-state index in [-0.39, 0.29) is 12.5 Å². The Hall–Kier alpha value is -1.52. The van der Waals surface area contributed by atoms with Gasteiger partial charge in [-0.05, 0) is 13.8 Å². The Labute approximate surface area is 78.1 Å². The Bertz CT molecular complexity index is 228. The van der Waals surface area contributed by atoms with Crippen LogP contribution in [-0.4, -0.2) is 25.3 Å². The van der Waals surface area contributed by atoms with Crippen molar-refractivity contribution in [2.24, 2.45) is 10.7 Å². The van der Waals surface area contributed by atoms with Crippen LogP contribution < -0.4 is 16.4 Å². The van der Waals surface area contributed by atoms with E-state index in [1.807, 2.05) is 0 Å². The highest BCUT2D eigenvalue weighted by atomic mass is 16.1. The molecule has 0 saturated carbocycles. The quantitative estimate of drug-likeness (QED) is 0.411. The van der Waals surface area contributed by atoms with E-state index < -0.39 is 0 Å². The molecule has 0 saturated heterocycles. The van der Waals surface area contributed by atoms with Crippen molar-refractivity contribution in [3.63, 3.8) is 0 Å². The summed E-state index contributed by atoms with van der Waals surface area (Å²) in [6.45, 7) is 3.69. The van der Waals surface area contributed by atoms with Crippen LogP contribution in [0.2, 0.25) is 0 Å². The number of carbonyl (C=O) groups excluding carboxylic acids is 1. The van der Waals surface area contributed by atoms with Crippen LogP contribution in [0.25, 0.3) is 0 Å². The monoisotopic (exact) mass is 184 g/mol. The third-order valence-electron chi connectivity index (χ3n) is 1.30. The van der Waals surface area contributed by atoms with Crippen LogP contribution in [0.1, 0.15) is 13.8 Å². The van der Waals surface area contributed by atoms with Crippen molar-refractivity contribution in [1.29, 1.82) is 0 Å². The lowest BCUT2D eigenvalue weighted by Gasteiger charge is -2.03. The Morgan fingerprint density at radius 3 is 2.62 bits per heavy atom. The Kier molecular flexibility index (Phi) is 5.34. The molecule has 0 aliphatic heterocycles. The second kappa shape index (κ2) is 6.05. The highest BCUT2D eigenvalue weighted by molar-refractivity contribution is 5.86. The average Bonchev–Trinajstić information content (AvgIpc) is 2.10. The molecule has 4 N–H and O–H groups in total. The van der Waals surface area contributed by atoms with Gasteiger partial charge in [-0.25, -0.2) is 0 Å². The zero-order valence-corrected chi connectivity index (χ0v) is 8.22. The molecule has 0 bridgehead atoms. The van der Waals surface area contributed by atoms with E-state index >= 15 is 0 Å². The third kappa shape index (κ3) is 6.86. The fraction of sp³-hybridized carbons (Fsp3) is 0.500. The number of nitrogens with one attached hydrogen (secondary N) is 2. The van der Waals surface area contributed by atoms with Crippen LogP contribution in [0.3, 0.4) is 0 Å². The summed E-state index contributed by atoms with van der Waals surface area (Å²) >= 11 is 0. The van der Waals surface area contributed by atoms with Crippen LogP contribution in [0.5, 0.6) is 0 Å². The molecule has 0 aliphatic rings. The van der Waals surface area contributed by atoms with Gasteiger partial charge in [-0.3, -0.25) is 9.79 Å². The fourth-order valence-corrected chi connectivity index (χ4v) is 0.533. The first kappa shape index (κ1) is 11.5. The second-order valence-electron chi connectivity index (χ2n) is 2.62. The normalized spacial score (nSPS) is 12.5. The maximum absolute atomic E-state index is 11.0. The van der Waals surface area contributed by atoms with Crippen molar-refractivity contribution in [2.75, 3.05) is 13.6 Å². The van der Waals surface area contributed by atoms with Crippen molar-refractivity contribution >= 4 is 11.7 Å². The van der Waals surface area contributed by atoms with E-state index in [0.29, 0.717) is 5.70 Å². The molecular weight excluding hydrogens is 168 g/mol. The van der Waals surface area contributed by atoms with Gasteiger partial charge in [-0.2, -0.15) is 0 Å². The summed E-state index contributed by atoms with van der Waals surface area (Å²) in [5.41, 5.74) is 5.89. The number of hydrogen-bond acceptors (Lipinski definition) is 3. The summed E-state index contributed by atoms with van der Waals surface area (Å²) in [5, 5.41) is 5.34. The van der Waals surface area contributed by atoms with Gasteiger partial charge in [0.05, 0.1) is 12.4 Å². The summed E-state index contributed by atoms with van der Waals surface area (Å²) in [6.07, 6.45) is 1.46. The number of rotatable bonds is 3. The largest absolute Gasteiger partial charge is 0.401 e. The highest BCUT2D eigenvalue weighted by Gasteiger charge is 1.97. The van der Waals surface area contributed by atoms with Crippen molar-refractivity contribution < 1.29 is 4.79 Å². The van der Waals surface area contributed by atoms with Gasteiger partial charge in [-0.15, -0.1) is 0 Å². The Balaban J connectivity index is 3.71. The Morgan fingerprint density at radius 2 is 2.15 bits per heavy atom. The highest BCUT2D eigenvalue weighted by Crippen LogP contribution is 1.75. The van der Waals surface area contributed by atoms with E-state index in [1.165, 1.54) is 6.20 Å². The SMILES string of the molecule is CN=C(C)NCC(=O)N/C=C(/C)N. The van der Waals surface area contributed by atoms with Gasteiger partial charge < -0.3 is 16.4 Å². The number of amidine groups is 1. The molecule has 74 valence electrons. The number of nitrogens with zero attached hydrogens (tertiary/aromatic N) is 1. The summed E-state index contributed by atoms with van der Waals surface area (Å²) in [4.78, 5) is 14.9. The first-order valence-corrected chi connectivity index (χ1v) is 3.95. The molecular formula is C8H16N4O. The third-order valence-corrected chi connectivity index (χ3v) is 1.30. The number of amides is 1. The second-order valence-corrected chi connectivity index (χ2v) is 2.62. The van der Waals surface area contributed by atoms with Crippen molar-refractivity contribution in [3.05, 3.63) is 11.9 Å².